The average Bonchev–Trinajstić information content (AvgIpc) is 2.89. The lowest BCUT2D eigenvalue weighted by Crippen LogP contribution is -2.41. The fraction of sp³-hybridized carbons (Fsp3) is 0.321. The Kier molecular flexibility index (Phi) is 6.93. The zero-order chi connectivity index (χ0) is 26.1. The summed E-state index contributed by atoms with van der Waals surface area (Å²) in [7, 11) is 0. The summed E-state index contributed by atoms with van der Waals surface area (Å²) in [4.78, 5) is 40.7. The molecule has 0 unspecified atom stereocenters. The van der Waals surface area contributed by atoms with Crippen LogP contribution < -0.4 is 10.9 Å². The molecule has 0 radical (unpaired) electrons. The molecule has 1 aliphatic rings. The third-order valence-electron chi connectivity index (χ3n) is 6.96. The van der Waals surface area contributed by atoms with Crippen LogP contribution in [0.15, 0.2) is 53.6 Å². The molecule has 4 heterocycles. The Labute approximate surface area is 220 Å². The number of amides is 1. The highest BCUT2D eigenvalue weighted by atomic mass is 35.5. The van der Waals surface area contributed by atoms with Gasteiger partial charge in [-0.3, -0.25) is 19.1 Å². The first kappa shape index (κ1) is 24.9. The van der Waals surface area contributed by atoms with E-state index in [4.69, 9.17) is 16.6 Å². The van der Waals surface area contributed by atoms with Gasteiger partial charge >= 0.3 is 0 Å². The van der Waals surface area contributed by atoms with Crippen molar-refractivity contribution < 1.29 is 4.79 Å². The third-order valence-corrected chi connectivity index (χ3v) is 7.27. The molecule has 0 aliphatic carbocycles. The SMILES string of the molecule is CCn1c(=O)c(-c2ccc(-c3ncccc3C)cc2Cl)cc2cnc(NC3CCN(C(C)=O)CC3)nc21. The Bertz CT molecular complexity index is 1540. The minimum Gasteiger partial charge on any atom is -0.351 e. The number of likely N-dealkylation sites (tertiary alicyclic amines) is 1. The summed E-state index contributed by atoms with van der Waals surface area (Å²) < 4.78 is 1.66. The molecule has 190 valence electrons. The van der Waals surface area contributed by atoms with E-state index >= 15 is 0 Å². The fourth-order valence-electron chi connectivity index (χ4n) is 4.90. The smallest absolute Gasteiger partial charge is 0.260 e. The summed E-state index contributed by atoms with van der Waals surface area (Å²) in [6, 6.07) is 11.6. The lowest BCUT2D eigenvalue weighted by atomic mass is 10.0. The number of benzene rings is 1. The van der Waals surface area contributed by atoms with Crippen LogP contribution >= 0.6 is 11.6 Å². The number of nitrogens with one attached hydrogen (secondary N) is 1. The maximum Gasteiger partial charge on any atom is 0.260 e. The standard InChI is InChI=1S/C28H29ClN6O2/c1-4-35-26-20(16-31-28(33-26)32-21-9-12-34(13-10-21)18(3)36)14-23(27(35)37)22-8-7-19(15-24(22)29)25-17(2)6-5-11-30-25/h5-8,11,14-16,21H,4,9-10,12-13H2,1-3H3,(H,31,32,33). The highest BCUT2D eigenvalue weighted by molar-refractivity contribution is 6.33. The Hall–Kier alpha value is -3.78. The van der Waals surface area contributed by atoms with Crippen LogP contribution in [-0.4, -0.2) is 49.5 Å². The van der Waals surface area contributed by atoms with Gasteiger partial charge in [0, 0.05) is 72.1 Å². The fourth-order valence-corrected chi connectivity index (χ4v) is 5.19. The summed E-state index contributed by atoms with van der Waals surface area (Å²) in [5.41, 5.74) is 4.40. The Morgan fingerprint density at radius 1 is 1.14 bits per heavy atom. The second kappa shape index (κ2) is 10.3. The molecular formula is C28H29ClN6O2. The minimum atomic E-state index is -0.155. The van der Waals surface area contributed by atoms with Crippen molar-refractivity contribution in [3.63, 3.8) is 0 Å². The molecule has 0 saturated carbocycles. The third kappa shape index (κ3) is 4.93. The van der Waals surface area contributed by atoms with E-state index in [1.54, 1.807) is 23.9 Å². The molecule has 1 amide bonds. The molecular weight excluding hydrogens is 488 g/mol. The number of pyridine rings is 2. The molecule has 3 aromatic heterocycles. The lowest BCUT2D eigenvalue weighted by Gasteiger charge is -2.31. The van der Waals surface area contributed by atoms with Crippen molar-refractivity contribution in [2.75, 3.05) is 18.4 Å². The maximum atomic E-state index is 13.6. The van der Waals surface area contributed by atoms with E-state index in [9.17, 15) is 9.59 Å². The predicted molar refractivity (Wildman–Crippen MR) is 147 cm³/mol. The number of carbonyl (C=O) groups is 1. The Balaban J connectivity index is 1.47. The largest absolute Gasteiger partial charge is 0.351 e. The highest BCUT2D eigenvalue weighted by Gasteiger charge is 2.22. The molecule has 5 rings (SSSR count). The number of hydrogen-bond donors (Lipinski definition) is 1. The van der Waals surface area contributed by atoms with Gasteiger partial charge in [0.15, 0.2) is 0 Å². The molecule has 4 aromatic rings. The second-order valence-electron chi connectivity index (χ2n) is 9.37. The summed E-state index contributed by atoms with van der Waals surface area (Å²) in [6.45, 7) is 7.41. The summed E-state index contributed by atoms with van der Waals surface area (Å²) in [5, 5.41) is 4.62. The van der Waals surface area contributed by atoms with Crippen molar-refractivity contribution in [1.29, 1.82) is 0 Å². The summed E-state index contributed by atoms with van der Waals surface area (Å²) in [6.07, 6.45) is 5.15. The molecule has 1 saturated heterocycles. The van der Waals surface area contributed by atoms with Gasteiger partial charge in [-0.25, -0.2) is 4.98 Å². The zero-order valence-electron chi connectivity index (χ0n) is 21.2. The number of carbonyl (C=O) groups excluding carboxylic acids is 1. The van der Waals surface area contributed by atoms with Crippen LogP contribution in [0.3, 0.4) is 0 Å². The summed E-state index contributed by atoms with van der Waals surface area (Å²) >= 11 is 6.71. The lowest BCUT2D eigenvalue weighted by molar-refractivity contribution is -0.129. The van der Waals surface area contributed by atoms with E-state index in [1.165, 1.54) is 0 Å². The molecule has 1 N–H and O–H groups in total. The number of nitrogens with zero attached hydrogens (tertiary/aromatic N) is 5. The van der Waals surface area contributed by atoms with Crippen molar-refractivity contribution in [3.05, 3.63) is 69.7 Å². The molecule has 1 aliphatic heterocycles. The molecule has 0 atom stereocenters. The van der Waals surface area contributed by atoms with Crippen LogP contribution in [0.2, 0.25) is 5.02 Å². The van der Waals surface area contributed by atoms with Crippen molar-refractivity contribution in [3.8, 4) is 22.4 Å². The van der Waals surface area contributed by atoms with Crippen molar-refractivity contribution in [1.82, 2.24) is 24.4 Å². The van der Waals surface area contributed by atoms with Crippen LogP contribution in [-0.2, 0) is 11.3 Å². The van der Waals surface area contributed by atoms with Crippen molar-refractivity contribution in [2.24, 2.45) is 0 Å². The average molecular weight is 517 g/mol. The van der Waals surface area contributed by atoms with Gasteiger partial charge in [-0.1, -0.05) is 29.8 Å². The molecule has 37 heavy (non-hydrogen) atoms. The van der Waals surface area contributed by atoms with Gasteiger partial charge in [0.25, 0.3) is 5.56 Å². The number of fused-ring (bicyclic) bond motifs is 1. The van der Waals surface area contributed by atoms with Crippen molar-refractivity contribution in [2.45, 2.75) is 46.2 Å². The first-order chi connectivity index (χ1) is 17.9. The van der Waals surface area contributed by atoms with E-state index in [1.807, 2.05) is 55.1 Å². The normalized spacial score (nSPS) is 14.2. The van der Waals surface area contributed by atoms with E-state index in [0.29, 0.717) is 47.4 Å². The first-order valence-electron chi connectivity index (χ1n) is 12.5. The number of hydrogen-bond acceptors (Lipinski definition) is 6. The van der Waals surface area contributed by atoms with E-state index in [0.717, 1.165) is 35.0 Å². The van der Waals surface area contributed by atoms with Gasteiger partial charge in [-0.2, -0.15) is 4.98 Å². The molecule has 1 aromatic carbocycles. The zero-order valence-corrected chi connectivity index (χ0v) is 21.9. The Morgan fingerprint density at radius 3 is 2.59 bits per heavy atom. The molecule has 0 spiro atoms. The van der Waals surface area contributed by atoms with Gasteiger partial charge in [-0.15, -0.1) is 0 Å². The van der Waals surface area contributed by atoms with Gasteiger partial charge in [0.05, 0.1) is 5.69 Å². The number of aryl methyl sites for hydroxylation is 2. The molecule has 8 nitrogen and oxygen atoms in total. The monoisotopic (exact) mass is 516 g/mol. The van der Waals surface area contributed by atoms with Crippen molar-refractivity contribution >= 4 is 34.5 Å². The topological polar surface area (TPSA) is 93.0 Å². The van der Waals surface area contributed by atoms with Gasteiger partial charge in [0.1, 0.15) is 5.65 Å². The van der Waals surface area contributed by atoms with Crippen LogP contribution in [0.1, 0.15) is 32.3 Å². The predicted octanol–water partition coefficient (Wildman–Crippen LogP) is 4.93. The number of anilines is 1. The molecule has 1 fully saturated rings. The van der Waals surface area contributed by atoms with Crippen LogP contribution in [0, 0.1) is 6.92 Å². The van der Waals surface area contributed by atoms with Gasteiger partial charge in [0.2, 0.25) is 11.9 Å². The highest BCUT2D eigenvalue weighted by Crippen LogP contribution is 2.32. The number of piperidine rings is 1. The van der Waals surface area contributed by atoms with E-state index in [-0.39, 0.29) is 17.5 Å². The van der Waals surface area contributed by atoms with Crippen LogP contribution in [0.4, 0.5) is 5.95 Å². The Morgan fingerprint density at radius 2 is 1.92 bits per heavy atom. The van der Waals surface area contributed by atoms with Crippen LogP contribution in [0.5, 0.6) is 0 Å². The minimum absolute atomic E-state index is 0.102. The van der Waals surface area contributed by atoms with E-state index in [2.05, 4.69) is 15.3 Å². The maximum absolute atomic E-state index is 13.6. The summed E-state index contributed by atoms with van der Waals surface area (Å²) in [5.74, 6) is 0.584. The van der Waals surface area contributed by atoms with Gasteiger partial charge in [-0.05, 0) is 50.5 Å². The molecule has 0 bridgehead atoms. The molecule has 9 heteroatoms. The van der Waals surface area contributed by atoms with Gasteiger partial charge < -0.3 is 10.2 Å². The van der Waals surface area contributed by atoms with E-state index < -0.39 is 0 Å². The number of rotatable bonds is 5. The first-order valence-corrected chi connectivity index (χ1v) is 12.9. The van der Waals surface area contributed by atoms with Crippen LogP contribution in [0.25, 0.3) is 33.4 Å². The quantitative estimate of drug-likeness (QED) is 0.404. The number of halogens is 1. The number of aromatic nitrogens is 4. The second-order valence-corrected chi connectivity index (χ2v) is 9.78.